The van der Waals surface area contributed by atoms with Gasteiger partial charge in [-0.25, -0.2) is 9.79 Å². The van der Waals surface area contributed by atoms with E-state index in [1.807, 2.05) is 6.21 Å². The number of hydrogen-bond acceptors (Lipinski definition) is 5. The van der Waals surface area contributed by atoms with E-state index < -0.39 is 11.2 Å². The zero-order chi connectivity index (χ0) is 15.9. The van der Waals surface area contributed by atoms with Gasteiger partial charge < -0.3 is 10.1 Å². The van der Waals surface area contributed by atoms with E-state index in [0.29, 0.717) is 37.0 Å². The lowest BCUT2D eigenvalue weighted by molar-refractivity contribution is 0.190. The Morgan fingerprint density at radius 2 is 2.14 bits per heavy atom. The molecule has 0 saturated heterocycles. The molecule has 0 aromatic carbocycles. The van der Waals surface area contributed by atoms with Gasteiger partial charge in [0.1, 0.15) is 5.69 Å². The van der Waals surface area contributed by atoms with Crippen LogP contribution in [0.5, 0.6) is 0 Å². The van der Waals surface area contributed by atoms with E-state index in [2.05, 4.69) is 15.3 Å². The van der Waals surface area contributed by atoms with Crippen LogP contribution in [0.3, 0.4) is 0 Å². The Labute approximate surface area is 129 Å². The van der Waals surface area contributed by atoms with E-state index in [1.165, 1.54) is 17.4 Å². The molecule has 1 fully saturated rings. The second-order valence-corrected chi connectivity index (χ2v) is 5.53. The van der Waals surface area contributed by atoms with Gasteiger partial charge in [0.15, 0.2) is 5.82 Å². The van der Waals surface area contributed by atoms with Gasteiger partial charge >= 0.3 is 5.69 Å². The smallest absolute Gasteiger partial charge is 0.330 e. The summed E-state index contributed by atoms with van der Waals surface area (Å²) in [5.41, 5.74) is -0.543. The van der Waals surface area contributed by atoms with E-state index in [-0.39, 0.29) is 0 Å². The lowest BCUT2D eigenvalue weighted by Gasteiger charge is -2.13. The number of anilines is 1. The molecular weight excluding hydrogens is 284 g/mol. The number of rotatable bonds is 7. The van der Waals surface area contributed by atoms with Crippen molar-refractivity contribution >= 4 is 17.7 Å². The molecule has 7 heteroatoms. The van der Waals surface area contributed by atoms with Crippen LogP contribution in [0.25, 0.3) is 0 Å². The van der Waals surface area contributed by atoms with Crippen molar-refractivity contribution in [2.45, 2.75) is 38.6 Å². The van der Waals surface area contributed by atoms with E-state index in [9.17, 15) is 9.59 Å². The first-order valence-corrected chi connectivity index (χ1v) is 7.75. The fourth-order valence-corrected chi connectivity index (χ4v) is 2.78. The van der Waals surface area contributed by atoms with Gasteiger partial charge in [-0.1, -0.05) is 12.8 Å². The molecule has 1 saturated carbocycles. The summed E-state index contributed by atoms with van der Waals surface area (Å²) < 4.78 is 6.52. The highest BCUT2D eigenvalue weighted by Crippen LogP contribution is 2.25. The van der Waals surface area contributed by atoms with Gasteiger partial charge in [0.05, 0.1) is 0 Å². The highest BCUT2D eigenvalue weighted by molar-refractivity contribution is 5.70. The molecule has 22 heavy (non-hydrogen) atoms. The molecular formula is C15H24N4O3. The zero-order valence-corrected chi connectivity index (χ0v) is 13.2. The van der Waals surface area contributed by atoms with Crippen LogP contribution in [0.15, 0.2) is 14.6 Å². The predicted octanol–water partition coefficient (Wildman–Crippen LogP) is 1.51. The second kappa shape index (κ2) is 7.93. The molecule has 2 rings (SSSR count). The summed E-state index contributed by atoms with van der Waals surface area (Å²) in [5, 5.41) is 2.85. The Hall–Kier alpha value is -1.89. The molecule has 0 amide bonds. The minimum atomic E-state index is -0.436. The third-order valence-corrected chi connectivity index (χ3v) is 3.96. The van der Waals surface area contributed by atoms with Gasteiger partial charge in [0.2, 0.25) is 0 Å². The fraction of sp³-hybridized carbons (Fsp3) is 0.667. The van der Waals surface area contributed by atoms with Crippen LogP contribution in [0.4, 0.5) is 11.5 Å². The lowest BCUT2D eigenvalue weighted by atomic mass is 10.1. The van der Waals surface area contributed by atoms with Crippen molar-refractivity contribution in [3.63, 3.8) is 0 Å². The third-order valence-electron chi connectivity index (χ3n) is 3.96. The van der Waals surface area contributed by atoms with Crippen molar-refractivity contribution in [1.82, 2.24) is 9.55 Å². The second-order valence-electron chi connectivity index (χ2n) is 5.53. The number of aromatic nitrogens is 2. The minimum absolute atomic E-state index is 0.325. The van der Waals surface area contributed by atoms with Gasteiger partial charge in [-0.3, -0.25) is 14.3 Å². The summed E-state index contributed by atoms with van der Waals surface area (Å²) in [6.07, 6.45) is 7.23. The van der Waals surface area contributed by atoms with Crippen LogP contribution in [0.1, 0.15) is 32.1 Å². The Balaban J connectivity index is 2.36. The number of methoxy groups -OCH3 is 1. The SMILES string of the molecule is CNc1c(/N=C/C2CCCC2)n(CCCOC)c(=O)[nH]c1=O. The monoisotopic (exact) mass is 308 g/mol. The Morgan fingerprint density at radius 1 is 1.41 bits per heavy atom. The Morgan fingerprint density at radius 3 is 2.77 bits per heavy atom. The number of aromatic amines is 1. The van der Waals surface area contributed by atoms with Crippen molar-refractivity contribution in [3.05, 3.63) is 20.8 Å². The first-order valence-electron chi connectivity index (χ1n) is 7.75. The zero-order valence-electron chi connectivity index (χ0n) is 13.2. The van der Waals surface area contributed by atoms with Gasteiger partial charge in [0.25, 0.3) is 5.56 Å². The molecule has 1 aromatic rings. The van der Waals surface area contributed by atoms with Gasteiger partial charge in [-0.05, 0) is 25.2 Å². The molecule has 122 valence electrons. The van der Waals surface area contributed by atoms with Crippen molar-refractivity contribution < 1.29 is 4.74 Å². The van der Waals surface area contributed by atoms with Crippen LogP contribution in [0, 0.1) is 5.92 Å². The molecule has 0 radical (unpaired) electrons. The van der Waals surface area contributed by atoms with Gasteiger partial charge in [-0.15, -0.1) is 0 Å². The number of nitrogens with one attached hydrogen (secondary N) is 2. The number of nitrogens with zero attached hydrogens (tertiary/aromatic N) is 2. The van der Waals surface area contributed by atoms with Crippen molar-refractivity contribution in [2.75, 3.05) is 26.1 Å². The average molecular weight is 308 g/mol. The quantitative estimate of drug-likeness (QED) is 0.590. The van der Waals surface area contributed by atoms with E-state index in [1.54, 1.807) is 14.2 Å². The molecule has 0 atom stereocenters. The summed E-state index contributed by atoms with van der Waals surface area (Å²) in [6.45, 7) is 1.00. The van der Waals surface area contributed by atoms with Crippen LogP contribution in [0.2, 0.25) is 0 Å². The molecule has 0 spiro atoms. The van der Waals surface area contributed by atoms with E-state index >= 15 is 0 Å². The average Bonchev–Trinajstić information content (AvgIpc) is 3.01. The molecule has 0 bridgehead atoms. The van der Waals surface area contributed by atoms with E-state index in [4.69, 9.17) is 4.74 Å². The van der Waals surface area contributed by atoms with Crippen LogP contribution in [-0.4, -0.2) is 36.5 Å². The summed E-state index contributed by atoms with van der Waals surface area (Å²) in [5.74, 6) is 0.839. The molecule has 2 N–H and O–H groups in total. The topological polar surface area (TPSA) is 88.5 Å². The molecule has 0 unspecified atom stereocenters. The number of aliphatic imine (C=N–C) groups is 1. The fourth-order valence-electron chi connectivity index (χ4n) is 2.78. The molecule has 1 heterocycles. The van der Waals surface area contributed by atoms with Gasteiger partial charge in [0, 0.05) is 33.5 Å². The Bertz CT molecular complexity index is 627. The Kier molecular flexibility index (Phi) is 5.94. The molecule has 1 aliphatic rings. The van der Waals surface area contributed by atoms with Crippen molar-refractivity contribution in [2.24, 2.45) is 10.9 Å². The maximum atomic E-state index is 12.1. The minimum Gasteiger partial charge on any atom is -0.385 e. The van der Waals surface area contributed by atoms with E-state index in [0.717, 1.165) is 12.8 Å². The van der Waals surface area contributed by atoms with Crippen LogP contribution < -0.4 is 16.6 Å². The first kappa shape index (κ1) is 16.5. The summed E-state index contributed by atoms with van der Waals surface area (Å²) in [7, 11) is 3.27. The maximum absolute atomic E-state index is 12.1. The summed E-state index contributed by atoms with van der Waals surface area (Å²) in [6, 6.07) is 0. The highest BCUT2D eigenvalue weighted by atomic mass is 16.5. The summed E-state index contributed by atoms with van der Waals surface area (Å²) in [4.78, 5) is 30.8. The highest BCUT2D eigenvalue weighted by Gasteiger charge is 2.15. The molecule has 1 aliphatic carbocycles. The summed E-state index contributed by atoms with van der Waals surface area (Å²) >= 11 is 0. The molecule has 1 aromatic heterocycles. The van der Waals surface area contributed by atoms with Crippen molar-refractivity contribution in [1.29, 1.82) is 0 Å². The predicted molar refractivity (Wildman–Crippen MR) is 87.5 cm³/mol. The molecule has 0 aliphatic heterocycles. The normalized spacial score (nSPS) is 15.7. The molecule has 7 nitrogen and oxygen atoms in total. The van der Waals surface area contributed by atoms with Crippen LogP contribution in [-0.2, 0) is 11.3 Å². The lowest BCUT2D eigenvalue weighted by Crippen LogP contribution is -2.32. The number of hydrogen-bond donors (Lipinski definition) is 2. The third kappa shape index (κ3) is 3.85. The first-order chi connectivity index (χ1) is 10.7. The largest absolute Gasteiger partial charge is 0.385 e. The van der Waals surface area contributed by atoms with Crippen LogP contribution >= 0.6 is 0 Å². The standard InChI is InChI=1S/C15H24N4O3/c1-16-12-13(17-10-11-6-3-4-7-11)19(8-5-9-22-2)15(21)18-14(12)20/h10-11,16H,3-9H2,1-2H3,(H,18,20,21)/b17-10+. The van der Waals surface area contributed by atoms with Gasteiger partial charge in [-0.2, -0.15) is 0 Å². The number of H-pyrrole nitrogens is 1. The number of ether oxygens (including phenoxy) is 1. The van der Waals surface area contributed by atoms with Crippen molar-refractivity contribution in [3.8, 4) is 0 Å². The maximum Gasteiger partial charge on any atom is 0.330 e.